The number of Topliss-reactive ketones (excluding diaryl/α,β-unsaturated/α-hetero) is 1. The number of benzene rings is 1. The number of hydrogen-bond donors (Lipinski definition) is 0. The first-order valence-electron chi connectivity index (χ1n) is 9.94. The van der Waals surface area contributed by atoms with Crippen LogP contribution in [0.1, 0.15) is 32.1 Å². The lowest BCUT2D eigenvalue weighted by Gasteiger charge is -2.40. The summed E-state index contributed by atoms with van der Waals surface area (Å²) in [6, 6.07) is 4.99. The molecule has 2 bridgehead atoms. The Morgan fingerprint density at radius 2 is 1.68 bits per heavy atom. The quantitative estimate of drug-likeness (QED) is 0.767. The number of carbonyl (C=O) groups is 2. The molecule has 4 rings (SSSR count). The SMILES string of the molecule is O=C1C2CCCC1CC(C(=O)N1CCN(S(=O)(=O)c3cccc(F)c3)CC1)C2. The van der Waals surface area contributed by atoms with E-state index in [-0.39, 0.29) is 41.6 Å². The third-order valence-corrected chi connectivity index (χ3v) is 8.28. The first kappa shape index (κ1) is 19.5. The van der Waals surface area contributed by atoms with Crippen molar-refractivity contribution in [1.29, 1.82) is 0 Å². The average molecular weight is 408 g/mol. The number of fused-ring (bicyclic) bond motifs is 2. The van der Waals surface area contributed by atoms with Crippen LogP contribution in [0, 0.1) is 23.6 Å². The maximum atomic E-state index is 13.4. The molecule has 3 aliphatic rings. The molecule has 0 N–H and O–H groups in total. The zero-order valence-electron chi connectivity index (χ0n) is 15.7. The van der Waals surface area contributed by atoms with Gasteiger partial charge in [0.2, 0.25) is 15.9 Å². The van der Waals surface area contributed by atoms with Crippen molar-refractivity contribution < 1.29 is 22.4 Å². The minimum absolute atomic E-state index is 0.0242. The van der Waals surface area contributed by atoms with E-state index in [1.54, 1.807) is 4.90 Å². The maximum Gasteiger partial charge on any atom is 0.243 e. The lowest BCUT2D eigenvalue weighted by Crippen LogP contribution is -2.53. The van der Waals surface area contributed by atoms with E-state index in [0.717, 1.165) is 25.3 Å². The van der Waals surface area contributed by atoms with Gasteiger partial charge in [-0.25, -0.2) is 12.8 Å². The van der Waals surface area contributed by atoms with E-state index in [2.05, 4.69) is 0 Å². The van der Waals surface area contributed by atoms with Gasteiger partial charge in [-0.3, -0.25) is 9.59 Å². The van der Waals surface area contributed by atoms with Crippen LogP contribution in [0.25, 0.3) is 0 Å². The van der Waals surface area contributed by atoms with Gasteiger partial charge in [-0.05, 0) is 43.9 Å². The van der Waals surface area contributed by atoms with Gasteiger partial charge in [-0.1, -0.05) is 12.5 Å². The van der Waals surface area contributed by atoms with E-state index in [0.29, 0.717) is 31.7 Å². The summed E-state index contributed by atoms with van der Waals surface area (Å²) < 4.78 is 40.1. The number of rotatable bonds is 3. The molecule has 1 heterocycles. The largest absolute Gasteiger partial charge is 0.340 e. The Hall–Kier alpha value is -1.80. The van der Waals surface area contributed by atoms with Crippen molar-refractivity contribution in [3.05, 3.63) is 30.1 Å². The van der Waals surface area contributed by atoms with Crippen molar-refractivity contribution in [2.75, 3.05) is 26.2 Å². The van der Waals surface area contributed by atoms with Crippen molar-refractivity contribution in [1.82, 2.24) is 9.21 Å². The van der Waals surface area contributed by atoms with Crippen LogP contribution in [0.2, 0.25) is 0 Å². The summed E-state index contributed by atoms with van der Waals surface area (Å²) in [5.74, 6) is -0.285. The Bertz CT molecular complexity index is 864. The molecule has 28 heavy (non-hydrogen) atoms. The summed E-state index contributed by atoms with van der Waals surface area (Å²) in [7, 11) is -3.77. The fourth-order valence-electron chi connectivity index (χ4n) is 4.86. The van der Waals surface area contributed by atoms with Crippen molar-refractivity contribution >= 4 is 21.7 Å². The second kappa shape index (κ2) is 7.55. The predicted octanol–water partition coefficient (Wildman–Crippen LogP) is 2.05. The maximum absolute atomic E-state index is 13.4. The van der Waals surface area contributed by atoms with Crippen molar-refractivity contribution in [3.63, 3.8) is 0 Å². The second-order valence-electron chi connectivity index (χ2n) is 8.08. The molecule has 0 radical (unpaired) electrons. The first-order valence-corrected chi connectivity index (χ1v) is 11.4. The molecule has 0 aromatic heterocycles. The minimum atomic E-state index is -3.77. The average Bonchev–Trinajstić information content (AvgIpc) is 2.67. The topological polar surface area (TPSA) is 74.8 Å². The lowest BCUT2D eigenvalue weighted by molar-refractivity contribution is -0.144. The number of hydrogen-bond acceptors (Lipinski definition) is 4. The molecular formula is C20H25FN2O4S. The summed E-state index contributed by atoms with van der Waals surface area (Å²) in [5, 5.41) is 0. The Morgan fingerprint density at radius 3 is 2.29 bits per heavy atom. The van der Waals surface area contributed by atoms with Crippen LogP contribution in [0.5, 0.6) is 0 Å². The summed E-state index contributed by atoms with van der Waals surface area (Å²) >= 11 is 0. The monoisotopic (exact) mass is 408 g/mol. The van der Waals surface area contributed by atoms with Gasteiger partial charge in [0.05, 0.1) is 4.90 Å². The molecule has 6 nitrogen and oxygen atoms in total. The normalized spacial score (nSPS) is 29.0. The van der Waals surface area contributed by atoms with E-state index < -0.39 is 15.8 Å². The fraction of sp³-hybridized carbons (Fsp3) is 0.600. The molecule has 8 heteroatoms. The zero-order valence-corrected chi connectivity index (χ0v) is 16.5. The van der Waals surface area contributed by atoms with Gasteiger partial charge >= 0.3 is 0 Å². The predicted molar refractivity (Wildman–Crippen MR) is 100 cm³/mol. The molecule has 3 fully saturated rings. The van der Waals surface area contributed by atoms with Crippen LogP contribution in [0.4, 0.5) is 4.39 Å². The summed E-state index contributed by atoms with van der Waals surface area (Å²) in [5.41, 5.74) is 0. The first-order chi connectivity index (χ1) is 13.4. The molecule has 1 aliphatic heterocycles. The van der Waals surface area contributed by atoms with E-state index in [4.69, 9.17) is 0 Å². The van der Waals surface area contributed by atoms with Gasteiger partial charge < -0.3 is 4.90 Å². The molecular weight excluding hydrogens is 383 g/mol. The lowest BCUT2D eigenvalue weighted by atomic mass is 9.67. The van der Waals surface area contributed by atoms with Gasteiger partial charge in [0.15, 0.2) is 0 Å². The van der Waals surface area contributed by atoms with Crippen LogP contribution in [-0.4, -0.2) is 55.5 Å². The highest BCUT2D eigenvalue weighted by molar-refractivity contribution is 7.89. The van der Waals surface area contributed by atoms with Crippen LogP contribution >= 0.6 is 0 Å². The number of nitrogens with zero attached hydrogens (tertiary/aromatic N) is 2. The van der Waals surface area contributed by atoms with Crippen LogP contribution in [-0.2, 0) is 19.6 Å². The number of carbonyl (C=O) groups excluding carboxylic acids is 2. The van der Waals surface area contributed by atoms with E-state index in [9.17, 15) is 22.4 Å². The van der Waals surface area contributed by atoms with Crippen molar-refractivity contribution in [2.45, 2.75) is 37.0 Å². The number of halogens is 1. The van der Waals surface area contributed by atoms with Gasteiger partial charge in [0.25, 0.3) is 0 Å². The number of sulfonamides is 1. The summed E-state index contributed by atoms with van der Waals surface area (Å²) in [6.45, 7) is 1.05. The number of ketones is 1. The Labute approximate surface area is 164 Å². The highest BCUT2D eigenvalue weighted by Gasteiger charge is 2.43. The van der Waals surface area contributed by atoms with E-state index in [1.165, 1.54) is 22.5 Å². The molecule has 2 atom stereocenters. The minimum Gasteiger partial charge on any atom is -0.340 e. The van der Waals surface area contributed by atoms with Crippen molar-refractivity contribution in [2.24, 2.45) is 17.8 Å². The number of amides is 1. The molecule has 2 unspecified atom stereocenters. The third kappa shape index (κ3) is 3.59. The molecule has 0 spiro atoms. The molecule has 1 aromatic carbocycles. The molecule has 1 amide bonds. The third-order valence-electron chi connectivity index (χ3n) is 6.38. The van der Waals surface area contributed by atoms with Crippen molar-refractivity contribution in [3.8, 4) is 0 Å². The van der Waals surface area contributed by atoms with Crippen LogP contribution in [0.15, 0.2) is 29.2 Å². The molecule has 1 saturated heterocycles. The zero-order chi connectivity index (χ0) is 19.9. The van der Waals surface area contributed by atoms with Gasteiger partial charge in [0.1, 0.15) is 11.6 Å². The fourth-order valence-corrected chi connectivity index (χ4v) is 6.32. The van der Waals surface area contributed by atoms with Crippen LogP contribution < -0.4 is 0 Å². The van der Waals surface area contributed by atoms with Gasteiger partial charge in [0, 0.05) is 43.9 Å². The standard InChI is InChI=1S/C20H25FN2O4S/c21-17-5-2-6-18(13-17)28(26,27)23-9-7-22(8-10-23)20(25)16-11-14-3-1-4-15(12-16)19(14)24/h2,5-6,13-16H,1,3-4,7-12H2. The molecule has 2 aliphatic carbocycles. The van der Waals surface area contributed by atoms with E-state index >= 15 is 0 Å². The summed E-state index contributed by atoms with van der Waals surface area (Å²) in [6.07, 6.45) is 4.11. The highest BCUT2D eigenvalue weighted by atomic mass is 32.2. The smallest absolute Gasteiger partial charge is 0.243 e. The Balaban J connectivity index is 1.39. The van der Waals surface area contributed by atoms with Gasteiger partial charge in [-0.2, -0.15) is 4.31 Å². The molecule has 1 aromatic rings. The Kier molecular flexibility index (Phi) is 5.26. The highest BCUT2D eigenvalue weighted by Crippen LogP contribution is 2.40. The van der Waals surface area contributed by atoms with Crippen LogP contribution in [0.3, 0.4) is 0 Å². The second-order valence-corrected chi connectivity index (χ2v) is 10.0. The van der Waals surface area contributed by atoms with E-state index in [1.807, 2.05) is 0 Å². The molecule has 2 saturated carbocycles. The van der Waals surface area contributed by atoms with Gasteiger partial charge in [-0.15, -0.1) is 0 Å². The number of piperazine rings is 1. The molecule has 152 valence electrons. The summed E-state index contributed by atoms with van der Waals surface area (Å²) in [4.78, 5) is 26.9. The Morgan fingerprint density at radius 1 is 1.04 bits per heavy atom.